The summed E-state index contributed by atoms with van der Waals surface area (Å²) in [5.74, 6) is 0.666. The molecule has 0 spiro atoms. The van der Waals surface area contributed by atoms with E-state index in [1.165, 1.54) is 24.3 Å². The van der Waals surface area contributed by atoms with Crippen LogP contribution < -0.4 is 10.1 Å². The van der Waals surface area contributed by atoms with E-state index in [1.54, 1.807) is 24.3 Å². The van der Waals surface area contributed by atoms with E-state index in [4.69, 9.17) is 4.74 Å². The Morgan fingerprint density at radius 1 is 0.821 bits per heavy atom. The lowest BCUT2D eigenvalue weighted by Crippen LogP contribution is -2.04. The van der Waals surface area contributed by atoms with E-state index in [-0.39, 0.29) is 18.0 Å². The SMILES string of the molecule is O=[N+]([O-])c1ccc(COc2ccccc2CNc2cccc([N+](=O)[O-])c2)cc1. The Morgan fingerprint density at radius 3 is 2.25 bits per heavy atom. The second kappa shape index (κ2) is 8.63. The predicted molar refractivity (Wildman–Crippen MR) is 104 cm³/mol. The summed E-state index contributed by atoms with van der Waals surface area (Å²) in [6, 6.07) is 19.9. The van der Waals surface area contributed by atoms with Crippen molar-refractivity contribution in [3.63, 3.8) is 0 Å². The summed E-state index contributed by atoms with van der Waals surface area (Å²) in [5.41, 5.74) is 2.39. The fourth-order valence-corrected chi connectivity index (χ4v) is 2.59. The fraction of sp³-hybridized carbons (Fsp3) is 0.100. The molecule has 8 nitrogen and oxygen atoms in total. The normalized spacial score (nSPS) is 10.3. The highest BCUT2D eigenvalue weighted by atomic mass is 16.6. The van der Waals surface area contributed by atoms with Gasteiger partial charge in [-0.3, -0.25) is 20.2 Å². The van der Waals surface area contributed by atoms with Crippen LogP contribution in [0.25, 0.3) is 0 Å². The molecule has 0 radical (unpaired) electrons. The van der Waals surface area contributed by atoms with Gasteiger partial charge in [0, 0.05) is 42.1 Å². The van der Waals surface area contributed by atoms with Gasteiger partial charge >= 0.3 is 0 Å². The molecule has 0 aromatic heterocycles. The van der Waals surface area contributed by atoms with Gasteiger partial charge in [0.05, 0.1) is 9.85 Å². The lowest BCUT2D eigenvalue weighted by Gasteiger charge is -2.13. The maximum absolute atomic E-state index is 10.9. The smallest absolute Gasteiger partial charge is 0.271 e. The van der Waals surface area contributed by atoms with Crippen molar-refractivity contribution in [1.29, 1.82) is 0 Å². The lowest BCUT2D eigenvalue weighted by molar-refractivity contribution is -0.385. The van der Waals surface area contributed by atoms with Crippen molar-refractivity contribution >= 4 is 17.1 Å². The molecule has 1 N–H and O–H groups in total. The highest BCUT2D eigenvalue weighted by Crippen LogP contribution is 2.23. The summed E-state index contributed by atoms with van der Waals surface area (Å²) in [6.45, 7) is 0.698. The number of hydrogen-bond acceptors (Lipinski definition) is 6. The fourth-order valence-electron chi connectivity index (χ4n) is 2.59. The third kappa shape index (κ3) is 4.82. The largest absolute Gasteiger partial charge is 0.489 e. The number of anilines is 1. The Kier molecular flexibility index (Phi) is 5.81. The molecule has 0 amide bonds. The van der Waals surface area contributed by atoms with Gasteiger partial charge in [0.2, 0.25) is 0 Å². The Morgan fingerprint density at radius 2 is 1.54 bits per heavy atom. The van der Waals surface area contributed by atoms with Crippen LogP contribution in [-0.4, -0.2) is 9.85 Å². The first-order chi connectivity index (χ1) is 13.5. The van der Waals surface area contributed by atoms with Crippen molar-refractivity contribution in [2.45, 2.75) is 13.2 Å². The van der Waals surface area contributed by atoms with E-state index in [0.29, 0.717) is 18.0 Å². The van der Waals surface area contributed by atoms with Gasteiger partial charge in [-0.25, -0.2) is 0 Å². The molecule has 3 aromatic rings. The predicted octanol–water partition coefficient (Wildman–Crippen LogP) is 4.69. The molecule has 28 heavy (non-hydrogen) atoms. The molecule has 0 aliphatic heterocycles. The first-order valence-corrected chi connectivity index (χ1v) is 8.45. The second-order valence-corrected chi connectivity index (χ2v) is 5.98. The summed E-state index contributed by atoms with van der Waals surface area (Å²) in [7, 11) is 0. The number of non-ortho nitro benzene ring substituents is 2. The van der Waals surface area contributed by atoms with Crippen molar-refractivity contribution in [3.8, 4) is 5.75 Å². The molecule has 0 unspecified atom stereocenters. The van der Waals surface area contributed by atoms with Crippen LogP contribution in [0.15, 0.2) is 72.8 Å². The number of nitro benzene ring substituents is 2. The van der Waals surface area contributed by atoms with Crippen molar-refractivity contribution in [2.75, 3.05) is 5.32 Å². The number of para-hydroxylation sites is 1. The van der Waals surface area contributed by atoms with Crippen LogP contribution in [0, 0.1) is 20.2 Å². The molecule has 0 aliphatic carbocycles. The van der Waals surface area contributed by atoms with Crippen LogP contribution in [0.4, 0.5) is 17.1 Å². The van der Waals surface area contributed by atoms with Crippen molar-refractivity contribution in [3.05, 3.63) is 104 Å². The van der Waals surface area contributed by atoms with Crippen molar-refractivity contribution < 1.29 is 14.6 Å². The molecule has 0 saturated carbocycles. The Bertz CT molecular complexity index is 989. The Balaban J connectivity index is 1.65. The third-order valence-corrected chi connectivity index (χ3v) is 4.05. The zero-order valence-electron chi connectivity index (χ0n) is 14.8. The quantitative estimate of drug-likeness (QED) is 0.449. The van der Waals surface area contributed by atoms with E-state index in [9.17, 15) is 20.2 Å². The van der Waals surface area contributed by atoms with Gasteiger partial charge in [0.15, 0.2) is 0 Å². The van der Waals surface area contributed by atoms with Gasteiger partial charge in [0.25, 0.3) is 11.4 Å². The molecule has 0 bridgehead atoms. The first kappa shape index (κ1) is 18.8. The van der Waals surface area contributed by atoms with Crippen LogP contribution in [0.3, 0.4) is 0 Å². The number of benzene rings is 3. The molecule has 3 rings (SSSR count). The topological polar surface area (TPSA) is 108 Å². The first-order valence-electron chi connectivity index (χ1n) is 8.45. The molecule has 0 atom stereocenters. The number of nitrogens with one attached hydrogen (secondary N) is 1. The molecule has 0 saturated heterocycles. The monoisotopic (exact) mass is 379 g/mol. The van der Waals surface area contributed by atoms with Gasteiger partial charge in [0.1, 0.15) is 12.4 Å². The minimum atomic E-state index is -0.445. The maximum Gasteiger partial charge on any atom is 0.271 e. The molecule has 8 heteroatoms. The third-order valence-electron chi connectivity index (χ3n) is 4.05. The summed E-state index contributed by atoms with van der Waals surface area (Å²) in [5, 5.41) is 24.7. The lowest BCUT2D eigenvalue weighted by atomic mass is 10.2. The zero-order valence-corrected chi connectivity index (χ0v) is 14.8. The molecule has 0 heterocycles. The van der Waals surface area contributed by atoms with Crippen LogP contribution in [0.1, 0.15) is 11.1 Å². The Labute approximate surface area is 160 Å². The van der Waals surface area contributed by atoms with Crippen molar-refractivity contribution in [2.24, 2.45) is 0 Å². The number of nitro groups is 2. The molecule has 142 valence electrons. The molecule has 3 aromatic carbocycles. The molecular weight excluding hydrogens is 362 g/mol. The summed E-state index contributed by atoms with van der Waals surface area (Å²) in [4.78, 5) is 20.7. The highest BCUT2D eigenvalue weighted by molar-refractivity contribution is 5.51. The van der Waals surface area contributed by atoms with Gasteiger partial charge in [-0.05, 0) is 29.8 Å². The van der Waals surface area contributed by atoms with E-state index >= 15 is 0 Å². The minimum absolute atomic E-state index is 0.0210. The second-order valence-electron chi connectivity index (χ2n) is 5.98. The summed E-state index contributed by atoms with van der Waals surface area (Å²) in [6.07, 6.45) is 0. The highest BCUT2D eigenvalue weighted by Gasteiger charge is 2.08. The van der Waals surface area contributed by atoms with E-state index in [1.807, 2.05) is 24.3 Å². The molecular formula is C20H17N3O5. The number of nitrogens with zero attached hydrogens (tertiary/aromatic N) is 2. The van der Waals surface area contributed by atoms with Crippen LogP contribution >= 0.6 is 0 Å². The summed E-state index contributed by atoms with van der Waals surface area (Å²) < 4.78 is 5.86. The van der Waals surface area contributed by atoms with Crippen molar-refractivity contribution in [1.82, 2.24) is 0 Å². The Hall–Kier alpha value is -3.94. The van der Waals surface area contributed by atoms with E-state index in [0.717, 1.165) is 11.1 Å². The van der Waals surface area contributed by atoms with Crippen LogP contribution in [0.5, 0.6) is 5.75 Å². The maximum atomic E-state index is 10.9. The standard InChI is InChI=1S/C20H17N3O5/c24-22(25)18-10-8-15(9-11-18)14-28-20-7-2-1-4-16(20)13-21-17-5-3-6-19(12-17)23(26)27/h1-12,21H,13-14H2. The van der Waals surface area contributed by atoms with Gasteiger partial charge < -0.3 is 10.1 Å². The van der Waals surface area contributed by atoms with Gasteiger partial charge in [-0.1, -0.05) is 24.3 Å². The number of rotatable bonds is 8. The number of ether oxygens (including phenoxy) is 1. The van der Waals surface area contributed by atoms with Crippen LogP contribution in [-0.2, 0) is 13.2 Å². The van der Waals surface area contributed by atoms with E-state index in [2.05, 4.69) is 5.32 Å². The average molecular weight is 379 g/mol. The zero-order chi connectivity index (χ0) is 19.9. The minimum Gasteiger partial charge on any atom is -0.489 e. The van der Waals surface area contributed by atoms with Gasteiger partial charge in [-0.2, -0.15) is 0 Å². The molecule has 0 fully saturated rings. The van der Waals surface area contributed by atoms with E-state index < -0.39 is 9.85 Å². The van der Waals surface area contributed by atoms with Crippen LogP contribution in [0.2, 0.25) is 0 Å². The van der Waals surface area contributed by atoms with Gasteiger partial charge in [-0.15, -0.1) is 0 Å². The number of hydrogen-bond donors (Lipinski definition) is 1. The average Bonchev–Trinajstić information content (AvgIpc) is 2.71. The summed E-state index contributed by atoms with van der Waals surface area (Å²) >= 11 is 0. The molecule has 0 aliphatic rings.